The maximum atomic E-state index is 12.4. The van der Waals surface area contributed by atoms with Crippen LogP contribution in [0.4, 0.5) is 13.2 Å². The molecule has 1 aliphatic rings. The van der Waals surface area contributed by atoms with Crippen molar-refractivity contribution in [3.63, 3.8) is 0 Å². The van der Waals surface area contributed by atoms with Gasteiger partial charge in [-0.15, -0.1) is 0 Å². The zero-order valence-corrected chi connectivity index (χ0v) is 11.6. The van der Waals surface area contributed by atoms with E-state index in [2.05, 4.69) is 0 Å². The molecule has 0 spiro atoms. The van der Waals surface area contributed by atoms with Crippen LogP contribution in [-0.4, -0.2) is 42.8 Å². The molecular formula is C16H14F3NO2. The first-order chi connectivity index (χ1) is 10.4. The summed E-state index contributed by atoms with van der Waals surface area (Å²) >= 11 is 0. The molecular weight excluding hydrogens is 295 g/mol. The van der Waals surface area contributed by atoms with Crippen LogP contribution in [0.25, 0.3) is 10.8 Å². The molecule has 3 nitrogen and oxygen atoms in total. The summed E-state index contributed by atoms with van der Waals surface area (Å²) in [5.41, 5.74) is 0.562. The van der Waals surface area contributed by atoms with Gasteiger partial charge in [0, 0.05) is 18.7 Å². The van der Waals surface area contributed by atoms with Crippen molar-refractivity contribution >= 4 is 16.7 Å². The summed E-state index contributed by atoms with van der Waals surface area (Å²) < 4.78 is 40.9. The van der Waals surface area contributed by atoms with E-state index >= 15 is 0 Å². The third-order valence-electron chi connectivity index (χ3n) is 3.64. The van der Waals surface area contributed by atoms with Gasteiger partial charge in [0.25, 0.3) is 5.91 Å². The van der Waals surface area contributed by atoms with Crippen molar-refractivity contribution in [2.24, 2.45) is 0 Å². The SMILES string of the molecule is O=C(c1cccc2ccccc12)N1CC(OCC(F)(F)F)C1. The van der Waals surface area contributed by atoms with Crippen LogP contribution in [0.2, 0.25) is 0 Å². The van der Waals surface area contributed by atoms with E-state index in [-0.39, 0.29) is 19.0 Å². The summed E-state index contributed by atoms with van der Waals surface area (Å²) in [5.74, 6) is -0.177. The lowest BCUT2D eigenvalue weighted by Gasteiger charge is -2.39. The van der Waals surface area contributed by atoms with E-state index in [0.29, 0.717) is 5.56 Å². The third-order valence-corrected chi connectivity index (χ3v) is 3.64. The van der Waals surface area contributed by atoms with E-state index < -0.39 is 18.9 Å². The van der Waals surface area contributed by atoms with Crippen LogP contribution >= 0.6 is 0 Å². The highest BCUT2D eigenvalue weighted by atomic mass is 19.4. The number of nitrogens with zero attached hydrogens (tertiary/aromatic N) is 1. The van der Waals surface area contributed by atoms with Crippen molar-refractivity contribution in [3.8, 4) is 0 Å². The normalized spacial score (nSPS) is 15.9. The van der Waals surface area contributed by atoms with Gasteiger partial charge in [0.2, 0.25) is 0 Å². The van der Waals surface area contributed by atoms with Gasteiger partial charge in [0.1, 0.15) is 6.61 Å². The van der Waals surface area contributed by atoms with Crippen molar-refractivity contribution in [3.05, 3.63) is 48.0 Å². The predicted octanol–water partition coefficient (Wildman–Crippen LogP) is 3.24. The van der Waals surface area contributed by atoms with Gasteiger partial charge >= 0.3 is 6.18 Å². The second-order valence-electron chi connectivity index (χ2n) is 5.29. The van der Waals surface area contributed by atoms with E-state index in [1.807, 2.05) is 30.3 Å². The van der Waals surface area contributed by atoms with Crippen LogP contribution in [0.5, 0.6) is 0 Å². The first kappa shape index (κ1) is 14.8. The highest BCUT2D eigenvalue weighted by Gasteiger charge is 2.36. The second kappa shape index (κ2) is 5.61. The monoisotopic (exact) mass is 309 g/mol. The molecule has 0 saturated carbocycles. The third kappa shape index (κ3) is 3.06. The van der Waals surface area contributed by atoms with Crippen molar-refractivity contribution in [2.75, 3.05) is 19.7 Å². The average molecular weight is 309 g/mol. The number of likely N-dealkylation sites (tertiary alicyclic amines) is 1. The summed E-state index contributed by atoms with van der Waals surface area (Å²) in [7, 11) is 0. The van der Waals surface area contributed by atoms with Gasteiger partial charge in [0.05, 0.1) is 6.10 Å². The molecule has 0 N–H and O–H groups in total. The van der Waals surface area contributed by atoms with Crippen molar-refractivity contribution in [2.45, 2.75) is 12.3 Å². The minimum atomic E-state index is -4.33. The van der Waals surface area contributed by atoms with Crippen LogP contribution in [0.1, 0.15) is 10.4 Å². The molecule has 1 aliphatic heterocycles. The smallest absolute Gasteiger partial charge is 0.365 e. The van der Waals surface area contributed by atoms with Gasteiger partial charge in [-0.1, -0.05) is 36.4 Å². The van der Waals surface area contributed by atoms with Crippen molar-refractivity contribution < 1.29 is 22.7 Å². The first-order valence-electron chi connectivity index (χ1n) is 6.89. The quantitative estimate of drug-likeness (QED) is 0.871. The number of halogens is 3. The summed E-state index contributed by atoms with van der Waals surface area (Å²) in [5, 5.41) is 1.80. The molecule has 116 valence electrons. The van der Waals surface area contributed by atoms with Crippen LogP contribution in [0, 0.1) is 0 Å². The molecule has 2 aromatic carbocycles. The van der Waals surface area contributed by atoms with Gasteiger partial charge in [-0.3, -0.25) is 4.79 Å². The lowest BCUT2D eigenvalue weighted by atomic mass is 10.0. The van der Waals surface area contributed by atoms with Crippen LogP contribution in [0.3, 0.4) is 0 Å². The number of ether oxygens (including phenoxy) is 1. The first-order valence-corrected chi connectivity index (χ1v) is 6.89. The number of carbonyl (C=O) groups excluding carboxylic acids is 1. The Kier molecular flexibility index (Phi) is 3.78. The molecule has 2 aromatic rings. The standard InChI is InChI=1S/C16H14F3NO2/c17-16(18,19)10-22-12-8-20(9-12)15(21)14-7-3-5-11-4-1-2-6-13(11)14/h1-7,12H,8-10H2. The Morgan fingerprint density at radius 2 is 1.82 bits per heavy atom. The number of hydrogen-bond donors (Lipinski definition) is 0. The number of fused-ring (bicyclic) bond motifs is 1. The fourth-order valence-electron chi connectivity index (χ4n) is 2.50. The lowest BCUT2D eigenvalue weighted by molar-refractivity contribution is -0.196. The summed E-state index contributed by atoms with van der Waals surface area (Å²) in [4.78, 5) is 13.9. The topological polar surface area (TPSA) is 29.5 Å². The van der Waals surface area contributed by atoms with Crippen molar-refractivity contribution in [1.82, 2.24) is 4.90 Å². The van der Waals surface area contributed by atoms with E-state index in [9.17, 15) is 18.0 Å². The number of hydrogen-bond acceptors (Lipinski definition) is 2. The Hall–Kier alpha value is -2.08. The average Bonchev–Trinajstić information content (AvgIpc) is 2.43. The lowest BCUT2D eigenvalue weighted by Crippen LogP contribution is -2.55. The van der Waals surface area contributed by atoms with Crippen molar-refractivity contribution in [1.29, 1.82) is 0 Å². The molecule has 1 amide bonds. The zero-order valence-electron chi connectivity index (χ0n) is 11.6. The number of benzene rings is 2. The fraction of sp³-hybridized carbons (Fsp3) is 0.312. The number of rotatable bonds is 3. The fourth-order valence-corrected chi connectivity index (χ4v) is 2.50. The maximum absolute atomic E-state index is 12.4. The van der Waals surface area contributed by atoms with E-state index in [1.54, 1.807) is 12.1 Å². The van der Waals surface area contributed by atoms with E-state index in [1.165, 1.54) is 4.90 Å². The van der Waals surface area contributed by atoms with Gasteiger partial charge in [0.15, 0.2) is 0 Å². The molecule has 1 heterocycles. The van der Waals surface area contributed by atoms with E-state index in [4.69, 9.17) is 4.74 Å². The number of amides is 1. The predicted molar refractivity (Wildman–Crippen MR) is 75.6 cm³/mol. The van der Waals surface area contributed by atoms with Crippen LogP contribution < -0.4 is 0 Å². The molecule has 22 heavy (non-hydrogen) atoms. The Morgan fingerprint density at radius 1 is 1.14 bits per heavy atom. The van der Waals surface area contributed by atoms with Crippen LogP contribution in [0.15, 0.2) is 42.5 Å². The molecule has 3 rings (SSSR count). The summed E-state index contributed by atoms with van der Waals surface area (Å²) in [6.07, 6.45) is -4.87. The summed E-state index contributed by atoms with van der Waals surface area (Å²) in [6, 6.07) is 13.0. The summed E-state index contributed by atoms with van der Waals surface area (Å²) in [6.45, 7) is -0.885. The molecule has 0 aliphatic carbocycles. The minimum Gasteiger partial charge on any atom is -0.365 e. The Morgan fingerprint density at radius 3 is 2.55 bits per heavy atom. The van der Waals surface area contributed by atoms with Gasteiger partial charge in [-0.2, -0.15) is 13.2 Å². The number of carbonyl (C=O) groups is 1. The highest BCUT2D eigenvalue weighted by Crippen LogP contribution is 2.24. The number of alkyl halides is 3. The molecule has 0 bridgehead atoms. The van der Waals surface area contributed by atoms with Crippen LogP contribution in [-0.2, 0) is 4.74 Å². The Balaban J connectivity index is 1.66. The second-order valence-corrected chi connectivity index (χ2v) is 5.29. The molecule has 1 saturated heterocycles. The Bertz CT molecular complexity index is 688. The molecule has 0 unspecified atom stereocenters. The molecule has 0 atom stereocenters. The molecule has 1 fully saturated rings. The maximum Gasteiger partial charge on any atom is 0.411 e. The zero-order chi connectivity index (χ0) is 15.7. The van der Waals surface area contributed by atoms with E-state index in [0.717, 1.165) is 10.8 Å². The molecule has 0 radical (unpaired) electrons. The van der Waals surface area contributed by atoms with Gasteiger partial charge in [-0.25, -0.2) is 0 Å². The highest BCUT2D eigenvalue weighted by molar-refractivity contribution is 6.07. The largest absolute Gasteiger partial charge is 0.411 e. The minimum absolute atomic E-state index is 0.177. The van der Waals surface area contributed by atoms with Gasteiger partial charge in [-0.05, 0) is 16.8 Å². The molecule has 6 heteroatoms. The molecule has 0 aromatic heterocycles. The Labute approximate surface area is 125 Å². The van der Waals surface area contributed by atoms with Gasteiger partial charge < -0.3 is 9.64 Å².